The number of nitriles is 2. The second kappa shape index (κ2) is 7.43. The summed E-state index contributed by atoms with van der Waals surface area (Å²) < 4.78 is 0. The molecule has 120 valence electrons. The zero-order chi connectivity index (χ0) is 17.6. The quantitative estimate of drug-likeness (QED) is 0.629. The fourth-order valence-electron chi connectivity index (χ4n) is 3.02. The summed E-state index contributed by atoms with van der Waals surface area (Å²) in [5.41, 5.74) is 1.44. The van der Waals surface area contributed by atoms with E-state index in [0.717, 1.165) is 16.3 Å². The van der Waals surface area contributed by atoms with E-state index in [2.05, 4.69) is 0 Å². The molecule has 3 nitrogen and oxygen atoms in total. The van der Waals surface area contributed by atoms with Crippen LogP contribution in [0.4, 0.5) is 0 Å². The average molecular weight is 324 g/mol. The predicted molar refractivity (Wildman–Crippen MR) is 96.8 cm³/mol. The minimum atomic E-state index is -0.855. The fourth-order valence-corrected chi connectivity index (χ4v) is 3.02. The fraction of sp³-hybridized carbons (Fsp3) is 0.136. The number of nitrogens with zero attached hydrogens (tertiary/aromatic N) is 2. The van der Waals surface area contributed by atoms with Crippen molar-refractivity contribution in [2.24, 2.45) is 5.92 Å². The largest absolute Gasteiger partial charge is 0.294 e. The van der Waals surface area contributed by atoms with Crippen molar-refractivity contribution in [2.75, 3.05) is 0 Å². The lowest BCUT2D eigenvalue weighted by Gasteiger charge is -2.17. The Balaban J connectivity index is 1.91. The highest BCUT2D eigenvalue weighted by Gasteiger charge is 2.26. The molecule has 3 aromatic carbocycles. The summed E-state index contributed by atoms with van der Waals surface area (Å²) >= 11 is 0. The van der Waals surface area contributed by atoms with Crippen molar-refractivity contribution >= 4 is 16.6 Å². The second-order valence-corrected chi connectivity index (χ2v) is 5.94. The van der Waals surface area contributed by atoms with E-state index in [0.29, 0.717) is 5.56 Å². The zero-order valence-corrected chi connectivity index (χ0v) is 13.6. The van der Waals surface area contributed by atoms with Crippen LogP contribution in [0.1, 0.15) is 28.3 Å². The van der Waals surface area contributed by atoms with Gasteiger partial charge in [-0.3, -0.25) is 4.79 Å². The maximum atomic E-state index is 12.8. The SMILES string of the molecule is N#CC(C#N)C(CC(=O)c1ccc2ccccc2c1)c1ccccc1. The first kappa shape index (κ1) is 16.4. The van der Waals surface area contributed by atoms with Gasteiger partial charge in [-0.1, -0.05) is 66.7 Å². The van der Waals surface area contributed by atoms with Crippen molar-refractivity contribution < 1.29 is 4.79 Å². The van der Waals surface area contributed by atoms with Gasteiger partial charge >= 0.3 is 0 Å². The number of hydrogen-bond donors (Lipinski definition) is 0. The molecule has 0 bridgehead atoms. The summed E-state index contributed by atoms with van der Waals surface area (Å²) in [6.07, 6.45) is 0.133. The lowest BCUT2D eigenvalue weighted by Crippen LogP contribution is -2.15. The highest BCUT2D eigenvalue weighted by molar-refractivity contribution is 6.00. The van der Waals surface area contributed by atoms with Gasteiger partial charge in [-0.25, -0.2) is 0 Å². The third-order valence-corrected chi connectivity index (χ3v) is 4.39. The normalized spacial score (nSPS) is 11.6. The highest BCUT2D eigenvalue weighted by Crippen LogP contribution is 2.29. The summed E-state index contributed by atoms with van der Waals surface area (Å²) in [5.74, 6) is -1.35. The Bertz CT molecular complexity index is 966. The van der Waals surface area contributed by atoms with E-state index in [9.17, 15) is 15.3 Å². The minimum Gasteiger partial charge on any atom is -0.294 e. The molecule has 0 amide bonds. The summed E-state index contributed by atoms with van der Waals surface area (Å²) in [7, 11) is 0. The van der Waals surface area contributed by atoms with Crippen LogP contribution in [-0.2, 0) is 0 Å². The summed E-state index contributed by atoms with van der Waals surface area (Å²) in [4.78, 5) is 12.8. The van der Waals surface area contributed by atoms with E-state index in [1.807, 2.05) is 78.9 Å². The van der Waals surface area contributed by atoms with Crippen LogP contribution < -0.4 is 0 Å². The Hall–Kier alpha value is -3.43. The van der Waals surface area contributed by atoms with Crippen LogP contribution in [-0.4, -0.2) is 5.78 Å². The molecule has 0 N–H and O–H groups in total. The number of Topliss-reactive ketones (excluding diaryl/α,β-unsaturated/α-hetero) is 1. The van der Waals surface area contributed by atoms with E-state index in [1.54, 1.807) is 6.07 Å². The van der Waals surface area contributed by atoms with E-state index in [-0.39, 0.29) is 12.2 Å². The van der Waals surface area contributed by atoms with E-state index in [4.69, 9.17) is 0 Å². The molecule has 1 atom stereocenters. The summed E-state index contributed by atoms with van der Waals surface area (Å²) in [6.45, 7) is 0. The molecule has 0 aliphatic carbocycles. The summed E-state index contributed by atoms with van der Waals surface area (Å²) in [5, 5.41) is 20.7. The molecule has 0 spiro atoms. The molecular weight excluding hydrogens is 308 g/mol. The molecule has 3 rings (SSSR count). The van der Waals surface area contributed by atoms with Gasteiger partial charge in [-0.15, -0.1) is 0 Å². The van der Waals surface area contributed by atoms with Gasteiger partial charge in [-0.05, 0) is 22.4 Å². The number of hydrogen-bond acceptors (Lipinski definition) is 3. The predicted octanol–water partition coefficient (Wildman–Crippen LogP) is 4.86. The van der Waals surface area contributed by atoms with Gasteiger partial charge in [0, 0.05) is 17.9 Å². The molecule has 1 unspecified atom stereocenters. The second-order valence-electron chi connectivity index (χ2n) is 5.94. The molecule has 3 aromatic rings. The van der Waals surface area contributed by atoms with Gasteiger partial charge in [0.15, 0.2) is 5.78 Å². The molecule has 25 heavy (non-hydrogen) atoms. The molecule has 0 aliphatic heterocycles. The topological polar surface area (TPSA) is 64.7 Å². The van der Waals surface area contributed by atoms with Crippen LogP contribution in [0.2, 0.25) is 0 Å². The Labute approximate surface area is 146 Å². The molecule has 0 aromatic heterocycles. The van der Waals surface area contributed by atoms with Crippen LogP contribution in [0.3, 0.4) is 0 Å². The van der Waals surface area contributed by atoms with Crippen molar-refractivity contribution in [3.8, 4) is 12.1 Å². The Morgan fingerprint density at radius 1 is 0.840 bits per heavy atom. The number of carbonyl (C=O) groups is 1. The molecule has 0 heterocycles. The first-order valence-electron chi connectivity index (χ1n) is 8.09. The molecule has 0 saturated heterocycles. The Kier molecular flexibility index (Phi) is 4.88. The van der Waals surface area contributed by atoms with Gasteiger partial charge in [0.25, 0.3) is 0 Å². The Morgan fingerprint density at radius 2 is 1.48 bits per heavy atom. The first-order valence-corrected chi connectivity index (χ1v) is 8.09. The highest BCUT2D eigenvalue weighted by atomic mass is 16.1. The van der Waals surface area contributed by atoms with Gasteiger partial charge in [0.2, 0.25) is 0 Å². The van der Waals surface area contributed by atoms with Crippen molar-refractivity contribution in [2.45, 2.75) is 12.3 Å². The number of benzene rings is 3. The number of rotatable bonds is 5. The van der Waals surface area contributed by atoms with Gasteiger partial charge in [0.05, 0.1) is 12.1 Å². The van der Waals surface area contributed by atoms with E-state index >= 15 is 0 Å². The zero-order valence-electron chi connectivity index (χ0n) is 13.6. The van der Waals surface area contributed by atoms with Crippen LogP contribution in [0.15, 0.2) is 72.8 Å². The van der Waals surface area contributed by atoms with Crippen molar-refractivity contribution in [1.29, 1.82) is 10.5 Å². The van der Waals surface area contributed by atoms with Crippen molar-refractivity contribution in [3.63, 3.8) is 0 Å². The average Bonchev–Trinajstić information content (AvgIpc) is 2.68. The molecule has 3 heteroatoms. The van der Waals surface area contributed by atoms with Crippen LogP contribution in [0, 0.1) is 28.6 Å². The smallest absolute Gasteiger partial charge is 0.163 e. The Morgan fingerprint density at radius 3 is 2.16 bits per heavy atom. The van der Waals surface area contributed by atoms with Crippen molar-refractivity contribution in [3.05, 3.63) is 83.9 Å². The maximum Gasteiger partial charge on any atom is 0.163 e. The van der Waals surface area contributed by atoms with Gasteiger partial charge in [0.1, 0.15) is 5.92 Å². The third-order valence-electron chi connectivity index (χ3n) is 4.39. The summed E-state index contributed by atoms with van der Waals surface area (Å²) in [6, 6.07) is 26.8. The number of ketones is 1. The van der Waals surface area contributed by atoms with Crippen molar-refractivity contribution in [1.82, 2.24) is 0 Å². The molecule has 0 fully saturated rings. The first-order chi connectivity index (χ1) is 12.2. The minimum absolute atomic E-state index is 0.0601. The lowest BCUT2D eigenvalue weighted by atomic mass is 9.82. The monoisotopic (exact) mass is 324 g/mol. The standard InChI is InChI=1S/C22H16N2O/c23-14-20(15-24)21(17-7-2-1-3-8-17)13-22(25)19-11-10-16-6-4-5-9-18(16)12-19/h1-12,20-21H,13H2. The van der Waals surface area contributed by atoms with E-state index < -0.39 is 11.8 Å². The molecule has 0 aliphatic rings. The number of fused-ring (bicyclic) bond motifs is 1. The molecule has 0 radical (unpaired) electrons. The van der Waals surface area contributed by atoms with Crippen LogP contribution in [0.5, 0.6) is 0 Å². The van der Waals surface area contributed by atoms with Gasteiger partial charge < -0.3 is 0 Å². The van der Waals surface area contributed by atoms with Crippen LogP contribution in [0.25, 0.3) is 10.8 Å². The molecular formula is C22H16N2O. The number of carbonyl (C=O) groups excluding carboxylic acids is 1. The lowest BCUT2D eigenvalue weighted by molar-refractivity contribution is 0.0971. The third kappa shape index (κ3) is 3.57. The molecule has 0 saturated carbocycles. The van der Waals surface area contributed by atoms with Gasteiger partial charge in [-0.2, -0.15) is 10.5 Å². The van der Waals surface area contributed by atoms with E-state index in [1.165, 1.54) is 0 Å². The maximum absolute atomic E-state index is 12.8. The van der Waals surface area contributed by atoms with Crippen LogP contribution >= 0.6 is 0 Å².